The zero-order valence-corrected chi connectivity index (χ0v) is 17.5. The third-order valence-electron chi connectivity index (χ3n) is 4.98. The predicted molar refractivity (Wildman–Crippen MR) is 125 cm³/mol. The summed E-state index contributed by atoms with van der Waals surface area (Å²) >= 11 is 0. The first-order valence-electron chi connectivity index (χ1n) is 9.46. The van der Waals surface area contributed by atoms with Gasteiger partial charge in [-0.05, 0) is 36.2 Å². The highest BCUT2D eigenvalue weighted by atomic mass is 35.5. The van der Waals surface area contributed by atoms with Crippen LogP contribution in [-0.4, -0.2) is 10.8 Å². The van der Waals surface area contributed by atoms with E-state index < -0.39 is 4.92 Å². The van der Waals surface area contributed by atoms with Crippen LogP contribution in [0.2, 0.25) is 0 Å². The van der Waals surface area contributed by atoms with Gasteiger partial charge in [0.25, 0.3) is 11.6 Å². The molecule has 1 atom stereocenters. The molecule has 0 spiro atoms. The molecule has 3 aromatic rings. The van der Waals surface area contributed by atoms with Crippen molar-refractivity contribution in [1.82, 2.24) is 0 Å². The number of hydrogen-bond donors (Lipinski definition) is 3. The summed E-state index contributed by atoms with van der Waals surface area (Å²) in [6.07, 6.45) is 0. The van der Waals surface area contributed by atoms with Crippen LogP contribution in [0.25, 0.3) is 11.3 Å². The van der Waals surface area contributed by atoms with E-state index in [1.54, 1.807) is 6.07 Å². The van der Waals surface area contributed by atoms with Crippen molar-refractivity contribution in [2.45, 2.75) is 13.0 Å². The second-order valence-corrected chi connectivity index (χ2v) is 7.09. The molecule has 7 nitrogen and oxygen atoms in total. The van der Waals surface area contributed by atoms with Gasteiger partial charge in [-0.25, -0.2) is 0 Å². The topological polar surface area (TPSA) is 110 Å². The molecule has 158 valence electrons. The summed E-state index contributed by atoms with van der Waals surface area (Å²) in [4.78, 5) is 23.7. The van der Waals surface area contributed by atoms with E-state index in [4.69, 9.17) is 5.73 Å². The molecule has 31 heavy (non-hydrogen) atoms. The number of halogens is 1. The largest absolute Gasteiger partial charge is 0.354 e. The number of nitrogens with two attached hydrogens (primary N) is 1. The van der Waals surface area contributed by atoms with Gasteiger partial charge < -0.3 is 16.4 Å². The molecule has 1 aliphatic rings. The molecule has 0 radical (unpaired) electrons. The summed E-state index contributed by atoms with van der Waals surface area (Å²) in [6.45, 7) is 1.91. The van der Waals surface area contributed by atoms with Crippen LogP contribution in [0, 0.1) is 10.1 Å². The van der Waals surface area contributed by atoms with Gasteiger partial charge in [0.1, 0.15) is 0 Å². The zero-order valence-electron chi connectivity index (χ0n) is 16.7. The maximum atomic E-state index is 12.9. The van der Waals surface area contributed by atoms with Crippen LogP contribution in [0.3, 0.4) is 0 Å². The van der Waals surface area contributed by atoms with E-state index in [0.29, 0.717) is 22.5 Å². The molecular weight excluding hydrogens is 416 g/mol. The highest BCUT2D eigenvalue weighted by Crippen LogP contribution is 2.39. The number of fused-ring (bicyclic) bond motifs is 1. The molecule has 4 rings (SSSR count). The average Bonchev–Trinajstić information content (AvgIpc) is 3.07. The lowest BCUT2D eigenvalue weighted by atomic mass is 9.99. The van der Waals surface area contributed by atoms with E-state index in [0.717, 1.165) is 16.8 Å². The van der Waals surface area contributed by atoms with Gasteiger partial charge in [0.15, 0.2) is 0 Å². The maximum Gasteiger partial charge on any atom is 0.270 e. The van der Waals surface area contributed by atoms with Crippen molar-refractivity contribution in [2.24, 2.45) is 5.73 Å². The standard InChI is InChI=1S/C23H20N4O3.ClH/c1-14(24)15-7-9-17(10-8-15)25-22(16-5-3-2-4-6-16)21-19-13-18(27(29)30)11-12-20(19)26-23(21)28;/h2-14,25H,24H2,1H3,(H,26,28);1H/t14-;/m0./s1. The SMILES string of the molecule is C[C@H](N)c1ccc(NC(=C2C(=O)Nc3ccc([N+](=O)[O-])cc32)c2ccccc2)cc1.Cl. The third-order valence-corrected chi connectivity index (χ3v) is 4.98. The molecule has 0 aliphatic carbocycles. The van der Waals surface area contributed by atoms with Crippen LogP contribution in [0.15, 0.2) is 72.8 Å². The summed E-state index contributed by atoms with van der Waals surface area (Å²) in [5.74, 6) is -0.316. The fraction of sp³-hybridized carbons (Fsp3) is 0.0870. The molecule has 3 aromatic carbocycles. The normalized spacial score (nSPS) is 14.7. The number of non-ortho nitro benzene ring substituents is 1. The van der Waals surface area contributed by atoms with Crippen molar-refractivity contribution in [2.75, 3.05) is 10.6 Å². The van der Waals surface area contributed by atoms with Crippen LogP contribution >= 0.6 is 12.4 Å². The number of anilines is 2. The molecule has 8 heteroatoms. The minimum absolute atomic E-state index is 0. The van der Waals surface area contributed by atoms with E-state index in [1.165, 1.54) is 12.1 Å². The number of nitro groups is 1. The summed E-state index contributed by atoms with van der Waals surface area (Å²) in [6, 6.07) is 21.3. The van der Waals surface area contributed by atoms with Gasteiger partial charge in [-0.15, -0.1) is 12.4 Å². The smallest absolute Gasteiger partial charge is 0.270 e. The first-order chi connectivity index (χ1) is 14.4. The van der Waals surface area contributed by atoms with Crippen molar-refractivity contribution < 1.29 is 9.72 Å². The van der Waals surface area contributed by atoms with E-state index in [2.05, 4.69) is 10.6 Å². The number of hydrogen-bond acceptors (Lipinski definition) is 5. The predicted octanol–water partition coefficient (Wildman–Crippen LogP) is 4.97. The van der Waals surface area contributed by atoms with Crippen LogP contribution in [0.5, 0.6) is 0 Å². The van der Waals surface area contributed by atoms with Gasteiger partial charge >= 0.3 is 0 Å². The number of rotatable bonds is 5. The first-order valence-corrected chi connectivity index (χ1v) is 9.46. The number of nitrogens with zero attached hydrogens (tertiary/aromatic N) is 1. The monoisotopic (exact) mass is 436 g/mol. The van der Waals surface area contributed by atoms with Crippen LogP contribution < -0.4 is 16.4 Å². The molecule has 0 aromatic heterocycles. The molecular formula is C23H21ClN4O3. The molecule has 1 amide bonds. The van der Waals surface area contributed by atoms with Gasteiger partial charge in [-0.3, -0.25) is 14.9 Å². The van der Waals surface area contributed by atoms with Gasteiger partial charge in [-0.1, -0.05) is 42.5 Å². The minimum Gasteiger partial charge on any atom is -0.354 e. The van der Waals surface area contributed by atoms with E-state index in [1.807, 2.05) is 61.5 Å². The van der Waals surface area contributed by atoms with Crippen LogP contribution in [0.4, 0.5) is 17.1 Å². The van der Waals surface area contributed by atoms with Gasteiger partial charge in [0.05, 0.1) is 16.2 Å². The molecule has 0 bridgehead atoms. The van der Waals surface area contributed by atoms with Crippen molar-refractivity contribution in [1.29, 1.82) is 0 Å². The Bertz CT molecular complexity index is 1160. The number of amides is 1. The minimum atomic E-state index is -0.469. The summed E-state index contributed by atoms with van der Waals surface area (Å²) < 4.78 is 0. The highest BCUT2D eigenvalue weighted by molar-refractivity contribution is 6.37. The Morgan fingerprint density at radius 3 is 2.35 bits per heavy atom. The van der Waals surface area contributed by atoms with E-state index in [9.17, 15) is 14.9 Å². The maximum absolute atomic E-state index is 12.9. The first kappa shape index (κ1) is 22.0. The second kappa shape index (κ2) is 8.99. The number of carbonyl (C=O) groups is 1. The molecule has 0 saturated carbocycles. The fourth-order valence-corrected chi connectivity index (χ4v) is 3.42. The lowest BCUT2D eigenvalue weighted by molar-refractivity contribution is -0.384. The number of nitro benzene ring substituents is 1. The fourth-order valence-electron chi connectivity index (χ4n) is 3.42. The number of benzene rings is 3. The van der Waals surface area contributed by atoms with Crippen molar-refractivity contribution in [3.05, 3.63) is 99.6 Å². The van der Waals surface area contributed by atoms with Gasteiger partial charge in [0, 0.05) is 35.1 Å². The summed E-state index contributed by atoms with van der Waals surface area (Å²) in [5.41, 5.74) is 10.4. The molecule has 1 heterocycles. The van der Waals surface area contributed by atoms with Crippen molar-refractivity contribution >= 4 is 46.6 Å². The number of carbonyl (C=O) groups excluding carboxylic acids is 1. The lowest BCUT2D eigenvalue weighted by Gasteiger charge is -2.15. The van der Waals surface area contributed by atoms with Gasteiger partial charge in [0.2, 0.25) is 0 Å². The Morgan fingerprint density at radius 1 is 1.06 bits per heavy atom. The average molecular weight is 437 g/mol. The Morgan fingerprint density at radius 2 is 1.74 bits per heavy atom. The van der Waals surface area contributed by atoms with Crippen molar-refractivity contribution in [3.8, 4) is 0 Å². The summed E-state index contributed by atoms with van der Waals surface area (Å²) in [7, 11) is 0. The molecule has 0 unspecified atom stereocenters. The molecule has 1 aliphatic heterocycles. The Kier molecular flexibility index (Phi) is 6.39. The Hall–Kier alpha value is -3.68. The van der Waals surface area contributed by atoms with Gasteiger partial charge in [-0.2, -0.15) is 0 Å². The third kappa shape index (κ3) is 4.42. The Balaban J connectivity index is 0.00000272. The highest BCUT2D eigenvalue weighted by Gasteiger charge is 2.30. The molecule has 0 fully saturated rings. The Labute approximate surface area is 185 Å². The number of nitrogens with one attached hydrogen (secondary N) is 2. The quantitative estimate of drug-likeness (QED) is 0.297. The van der Waals surface area contributed by atoms with Crippen LogP contribution in [0.1, 0.15) is 29.7 Å². The van der Waals surface area contributed by atoms with E-state index in [-0.39, 0.29) is 30.0 Å². The second-order valence-electron chi connectivity index (χ2n) is 7.09. The van der Waals surface area contributed by atoms with Crippen LogP contribution in [-0.2, 0) is 4.79 Å². The zero-order chi connectivity index (χ0) is 21.3. The molecule has 0 saturated heterocycles. The van der Waals surface area contributed by atoms with Crippen molar-refractivity contribution in [3.63, 3.8) is 0 Å². The molecule has 4 N–H and O–H groups in total. The van der Waals surface area contributed by atoms with E-state index >= 15 is 0 Å². The lowest BCUT2D eigenvalue weighted by Crippen LogP contribution is -2.10. The summed E-state index contributed by atoms with van der Waals surface area (Å²) in [5, 5.41) is 17.4.